The molecule has 0 bridgehead atoms. The van der Waals surface area contributed by atoms with Crippen LogP contribution in [0, 0.1) is 12.3 Å². The minimum atomic E-state index is -7.25. The van der Waals surface area contributed by atoms with E-state index >= 15 is 0 Å². The van der Waals surface area contributed by atoms with Crippen LogP contribution in [0.4, 0.5) is 48.3 Å². The molecule has 0 aliphatic carbocycles. The molecule has 0 aromatic heterocycles. The highest BCUT2D eigenvalue weighted by atomic mass is 19.4. The first kappa shape index (κ1) is 26.1. The Morgan fingerprint density at radius 3 is 1.48 bits per heavy atom. The molecular weight excluding hydrogens is 481 g/mol. The Balaban J connectivity index is 2.44. The number of carbonyl (C=O) groups excluding carboxylic acids is 1. The van der Waals surface area contributed by atoms with E-state index in [-0.39, 0.29) is 5.56 Å². The van der Waals surface area contributed by atoms with E-state index in [4.69, 9.17) is 6.42 Å². The van der Waals surface area contributed by atoms with Crippen molar-refractivity contribution < 1.29 is 57.8 Å². The standard InChI is InChI=1S/C20H9F11O2/c1-2-11-3-5-12(6-4-11)13-7-9-14(10-8-13)15(32)16(21,18(24,25)26)33-20(30,31)17(22,23)19(27,28)29/h1,3-10H. The Morgan fingerprint density at radius 1 is 0.697 bits per heavy atom. The van der Waals surface area contributed by atoms with Crippen LogP contribution in [0.2, 0.25) is 0 Å². The third kappa shape index (κ3) is 4.80. The molecule has 2 nitrogen and oxygen atoms in total. The number of rotatable bonds is 6. The minimum absolute atomic E-state index is 0.224. The molecule has 178 valence electrons. The number of ketones is 1. The van der Waals surface area contributed by atoms with Gasteiger partial charge in [0.25, 0.3) is 0 Å². The van der Waals surface area contributed by atoms with Gasteiger partial charge in [-0.15, -0.1) is 6.42 Å². The summed E-state index contributed by atoms with van der Waals surface area (Å²) in [5.41, 5.74) is -0.207. The Kier molecular flexibility index (Phi) is 6.59. The molecule has 0 saturated carbocycles. The van der Waals surface area contributed by atoms with Crippen LogP contribution in [-0.2, 0) is 4.74 Å². The molecular formula is C20H9F11O2. The maximum Gasteiger partial charge on any atom is 0.462 e. The highest BCUT2D eigenvalue weighted by Gasteiger charge is 2.79. The number of hydrogen-bond donors (Lipinski definition) is 0. The number of halogens is 11. The second kappa shape index (κ2) is 8.33. The van der Waals surface area contributed by atoms with Crippen molar-refractivity contribution in [2.45, 2.75) is 30.2 Å². The van der Waals surface area contributed by atoms with E-state index < -0.39 is 41.6 Å². The zero-order valence-corrected chi connectivity index (χ0v) is 15.7. The van der Waals surface area contributed by atoms with Crippen LogP contribution < -0.4 is 0 Å². The summed E-state index contributed by atoms with van der Waals surface area (Å²) in [5, 5.41) is 0. The third-order valence-electron chi connectivity index (χ3n) is 4.18. The highest BCUT2D eigenvalue weighted by molar-refractivity contribution is 6.02. The number of terminal acetylenes is 1. The zero-order valence-electron chi connectivity index (χ0n) is 15.7. The SMILES string of the molecule is C#Cc1ccc(-c2ccc(C(=O)C(F)(OC(F)(F)C(F)(F)C(F)(F)F)C(F)(F)F)cc2)cc1. The van der Waals surface area contributed by atoms with Gasteiger partial charge >= 0.3 is 30.2 Å². The van der Waals surface area contributed by atoms with Crippen LogP contribution in [0.15, 0.2) is 48.5 Å². The fraction of sp³-hybridized carbons (Fsp3) is 0.250. The Hall–Kier alpha value is -3.14. The first-order valence-electron chi connectivity index (χ1n) is 8.37. The van der Waals surface area contributed by atoms with Gasteiger partial charge in [0.2, 0.25) is 5.78 Å². The highest BCUT2D eigenvalue weighted by Crippen LogP contribution is 2.51. The van der Waals surface area contributed by atoms with E-state index in [2.05, 4.69) is 10.7 Å². The van der Waals surface area contributed by atoms with Crippen LogP contribution in [0.3, 0.4) is 0 Å². The summed E-state index contributed by atoms with van der Waals surface area (Å²) in [6, 6.07) is 8.78. The maximum atomic E-state index is 14.4. The monoisotopic (exact) mass is 490 g/mol. The van der Waals surface area contributed by atoms with Gasteiger partial charge < -0.3 is 0 Å². The van der Waals surface area contributed by atoms with Gasteiger partial charge in [0, 0.05) is 11.1 Å². The predicted octanol–water partition coefficient (Wildman–Crippen LogP) is 6.55. The molecule has 2 aromatic carbocycles. The zero-order chi connectivity index (χ0) is 25.5. The van der Waals surface area contributed by atoms with Crippen molar-refractivity contribution in [3.63, 3.8) is 0 Å². The van der Waals surface area contributed by atoms with E-state index in [1.54, 1.807) is 0 Å². The molecule has 13 heteroatoms. The average molecular weight is 490 g/mol. The van der Waals surface area contributed by atoms with Crippen LogP contribution in [0.25, 0.3) is 11.1 Å². The summed E-state index contributed by atoms with van der Waals surface area (Å²) in [7, 11) is 0. The second-order valence-corrected chi connectivity index (χ2v) is 6.41. The van der Waals surface area contributed by atoms with Crippen LogP contribution in [0.1, 0.15) is 15.9 Å². The summed E-state index contributed by atoms with van der Waals surface area (Å²) in [4.78, 5) is 12.0. The summed E-state index contributed by atoms with van der Waals surface area (Å²) >= 11 is 0. The van der Waals surface area contributed by atoms with Crippen molar-refractivity contribution >= 4 is 5.78 Å². The fourth-order valence-corrected chi connectivity index (χ4v) is 2.40. The van der Waals surface area contributed by atoms with Crippen LogP contribution in [-0.4, -0.2) is 36.0 Å². The average Bonchev–Trinajstić information content (AvgIpc) is 2.71. The molecule has 2 rings (SSSR count). The largest absolute Gasteiger partial charge is 0.462 e. The molecule has 0 radical (unpaired) electrons. The molecule has 0 heterocycles. The summed E-state index contributed by atoms with van der Waals surface area (Å²) in [5.74, 6) is -14.2. The smallest absolute Gasteiger partial charge is 0.287 e. The molecule has 1 atom stereocenters. The van der Waals surface area contributed by atoms with Crippen molar-refractivity contribution in [1.82, 2.24) is 0 Å². The molecule has 0 spiro atoms. The molecule has 1 unspecified atom stereocenters. The molecule has 0 amide bonds. The Morgan fingerprint density at radius 2 is 1.12 bits per heavy atom. The van der Waals surface area contributed by atoms with E-state index in [1.807, 2.05) is 0 Å². The van der Waals surface area contributed by atoms with Gasteiger partial charge in [-0.2, -0.15) is 48.3 Å². The lowest BCUT2D eigenvalue weighted by Crippen LogP contribution is -2.61. The first-order valence-corrected chi connectivity index (χ1v) is 8.37. The van der Waals surface area contributed by atoms with Crippen molar-refractivity contribution in [3.05, 3.63) is 59.7 Å². The molecule has 0 N–H and O–H groups in total. The van der Waals surface area contributed by atoms with Gasteiger partial charge in [0.1, 0.15) is 0 Å². The minimum Gasteiger partial charge on any atom is -0.287 e. The van der Waals surface area contributed by atoms with Gasteiger partial charge in [0.05, 0.1) is 0 Å². The fourth-order valence-electron chi connectivity index (χ4n) is 2.40. The second-order valence-electron chi connectivity index (χ2n) is 6.41. The number of alkyl halides is 11. The van der Waals surface area contributed by atoms with Gasteiger partial charge in [-0.1, -0.05) is 42.3 Å². The van der Waals surface area contributed by atoms with E-state index in [1.165, 1.54) is 24.3 Å². The van der Waals surface area contributed by atoms with Gasteiger partial charge in [-0.25, -0.2) is 0 Å². The molecule has 33 heavy (non-hydrogen) atoms. The Labute approximate surface area is 178 Å². The summed E-state index contributed by atoms with van der Waals surface area (Å²) < 4.78 is 145. The number of carbonyl (C=O) groups is 1. The van der Waals surface area contributed by atoms with Crippen molar-refractivity contribution in [3.8, 4) is 23.5 Å². The van der Waals surface area contributed by atoms with Gasteiger partial charge in [-0.3, -0.25) is 9.53 Å². The van der Waals surface area contributed by atoms with Crippen molar-refractivity contribution in [2.24, 2.45) is 0 Å². The van der Waals surface area contributed by atoms with E-state index in [9.17, 15) is 53.1 Å². The lowest BCUT2D eigenvalue weighted by atomic mass is 9.98. The van der Waals surface area contributed by atoms with Crippen LogP contribution >= 0.6 is 0 Å². The quantitative estimate of drug-likeness (QED) is 0.261. The third-order valence-corrected chi connectivity index (χ3v) is 4.18. The maximum absolute atomic E-state index is 14.4. The van der Waals surface area contributed by atoms with Crippen molar-refractivity contribution in [2.75, 3.05) is 0 Å². The Bertz CT molecular complexity index is 1050. The van der Waals surface area contributed by atoms with Crippen molar-refractivity contribution in [1.29, 1.82) is 0 Å². The number of ether oxygens (including phenoxy) is 1. The number of benzene rings is 2. The molecule has 2 aromatic rings. The number of Topliss-reactive ketones (excluding diaryl/α,β-unsaturated/α-hetero) is 1. The molecule has 0 aliphatic rings. The van der Waals surface area contributed by atoms with Crippen LogP contribution in [0.5, 0.6) is 0 Å². The molecule has 0 fully saturated rings. The van der Waals surface area contributed by atoms with E-state index in [0.29, 0.717) is 23.3 Å². The first-order chi connectivity index (χ1) is 14.9. The molecule has 0 aliphatic heterocycles. The van der Waals surface area contributed by atoms with Gasteiger partial charge in [-0.05, 0) is 23.3 Å². The molecule has 0 saturated heterocycles. The normalized spacial score (nSPS) is 15.0. The summed E-state index contributed by atoms with van der Waals surface area (Å²) in [6.07, 6.45) is -15.8. The number of hydrogen-bond acceptors (Lipinski definition) is 2. The summed E-state index contributed by atoms with van der Waals surface area (Å²) in [6.45, 7) is 0. The van der Waals surface area contributed by atoms with E-state index in [0.717, 1.165) is 12.1 Å². The predicted molar refractivity (Wildman–Crippen MR) is 91.1 cm³/mol. The lowest BCUT2D eigenvalue weighted by Gasteiger charge is -2.34. The van der Waals surface area contributed by atoms with Gasteiger partial charge in [0.15, 0.2) is 0 Å². The lowest BCUT2D eigenvalue weighted by molar-refractivity contribution is -0.470. The topological polar surface area (TPSA) is 26.3 Å².